The summed E-state index contributed by atoms with van der Waals surface area (Å²) in [5.74, 6) is 2.74. The minimum atomic E-state index is 0.174. The lowest BCUT2D eigenvalue weighted by molar-refractivity contribution is -0.135. The largest absolute Gasteiger partial charge is 0.493 e. The highest BCUT2D eigenvalue weighted by Gasteiger charge is 2.28. The average molecular weight is 401 g/mol. The number of carbonyl (C=O) groups excluding carboxylic acids is 1. The Bertz CT molecular complexity index is 695. The first-order chi connectivity index (χ1) is 14.1. The smallest absolute Gasteiger partial charge is 0.225 e. The molecule has 1 atom stereocenters. The van der Waals surface area contributed by atoms with Gasteiger partial charge in [0.15, 0.2) is 11.5 Å². The summed E-state index contributed by atoms with van der Waals surface area (Å²) in [6.45, 7) is 4.03. The monoisotopic (exact) mass is 400 g/mol. The fourth-order valence-corrected chi connectivity index (χ4v) is 4.50. The molecule has 0 bridgehead atoms. The van der Waals surface area contributed by atoms with Crippen molar-refractivity contribution in [2.24, 2.45) is 11.8 Å². The molecule has 1 fully saturated rings. The van der Waals surface area contributed by atoms with Crippen LogP contribution in [0.4, 0.5) is 0 Å². The first-order valence-electron chi connectivity index (χ1n) is 10.9. The van der Waals surface area contributed by atoms with Crippen LogP contribution in [0.25, 0.3) is 0 Å². The Balaban J connectivity index is 1.43. The molecule has 0 spiro atoms. The topological polar surface area (TPSA) is 42.0 Å². The minimum Gasteiger partial charge on any atom is -0.493 e. The number of piperidine rings is 1. The second-order valence-corrected chi connectivity index (χ2v) is 8.42. The summed E-state index contributed by atoms with van der Waals surface area (Å²) in [5.41, 5.74) is 1.15. The van der Waals surface area contributed by atoms with Gasteiger partial charge in [0.2, 0.25) is 5.91 Å². The van der Waals surface area contributed by atoms with Crippen molar-refractivity contribution in [1.29, 1.82) is 0 Å². The van der Waals surface area contributed by atoms with Gasteiger partial charge in [-0.25, -0.2) is 0 Å². The molecule has 160 valence electrons. The van der Waals surface area contributed by atoms with Gasteiger partial charge in [-0.2, -0.15) is 0 Å². The third-order valence-electron chi connectivity index (χ3n) is 6.39. The first-order valence-corrected chi connectivity index (χ1v) is 10.9. The molecular weight excluding hydrogens is 364 g/mol. The maximum absolute atomic E-state index is 12.9. The van der Waals surface area contributed by atoms with Crippen LogP contribution in [0.1, 0.15) is 37.7 Å². The van der Waals surface area contributed by atoms with E-state index in [2.05, 4.69) is 17.1 Å². The highest BCUT2D eigenvalue weighted by atomic mass is 16.5. The van der Waals surface area contributed by atoms with E-state index < -0.39 is 0 Å². The molecule has 1 unspecified atom stereocenters. The summed E-state index contributed by atoms with van der Waals surface area (Å²) in [6, 6.07) is 5.96. The number of amides is 1. The lowest BCUT2D eigenvalue weighted by Crippen LogP contribution is -2.43. The Kier molecular flexibility index (Phi) is 7.99. The molecule has 0 saturated carbocycles. The lowest BCUT2D eigenvalue weighted by Gasteiger charge is -2.35. The molecule has 29 heavy (non-hydrogen) atoms. The highest BCUT2D eigenvalue weighted by Crippen LogP contribution is 2.28. The summed E-state index contributed by atoms with van der Waals surface area (Å²) in [7, 11) is 5.22. The maximum Gasteiger partial charge on any atom is 0.225 e. The van der Waals surface area contributed by atoms with Crippen LogP contribution in [0, 0.1) is 11.8 Å². The summed E-state index contributed by atoms with van der Waals surface area (Å²) >= 11 is 0. The van der Waals surface area contributed by atoms with Crippen molar-refractivity contribution in [1.82, 2.24) is 9.80 Å². The standard InChI is InChI=1S/C24H36N2O3/c1-25(14-11-19-9-10-22(28-2)23(17-19)29-3)24(27)21-12-15-26(16-13-21)18-20-7-5-4-6-8-20/h4-5,9-10,17,20-21H,6-8,11-16,18H2,1-3H3. The zero-order valence-electron chi connectivity index (χ0n) is 18.2. The van der Waals surface area contributed by atoms with Gasteiger partial charge < -0.3 is 19.3 Å². The van der Waals surface area contributed by atoms with Crippen LogP contribution in [0.5, 0.6) is 11.5 Å². The van der Waals surface area contributed by atoms with E-state index >= 15 is 0 Å². The second kappa shape index (κ2) is 10.7. The van der Waals surface area contributed by atoms with Gasteiger partial charge >= 0.3 is 0 Å². The summed E-state index contributed by atoms with van der Waals surface area (Å²) < 4.78 is 10.7. The number of nitrogens with zero attached hydrogens (tertiary/aromatic N) is 2. The van der Waals surface area contributed by atoms with Crippen molar-refractivity contribution in [3.63, 3.8) is 0 Å². The zero-order valence-corrected chi connectivity index (χ0v) is 18.2. The summed E-state index contributed by atoms with van der Waals surface area (Å²) in [4.78, 5) is 17.4. The molecule has 1 aromatic rings. The SMILES string of the molecule is COc1ccc(CCN(C)C(=O)C2CCN(CC3CC=CCC3)CC2)cc1OC. The van der Waals surface area contributed by atoms with E-state index in [0.717, 1.165) is 61.9 Å². The van der Waals surface area contributed by atoms with Gasteiger partial charge in [-0.3, -0.25) is 4.79 Å². The van der Waals surface area contributed by atoms with Gasteiger partial charge in [-0.1, -0.05) is 18.2 Å². The van der Waals surface area contributed by atoms with Crippen molar-refractivity contribution in [2.75, 3.05) is 47.4 Å². The molecule has 0 radical (unpaired) electrons. The van der Waals surface area contributed by atoms with Crippen molar-refractivity contribution in [3.8, 4) is 11.5 Å². The van der Waals surface area contributed by atoms with Gasteiger partial charge in [-0.15, -0.1) is 0 Å². The van der Waals surface area contributed by atoms with Crippen LogP contribution >= 0.6 is 0 Å². The quantitative estimate of drug-likeness (QED) is 0.623. The first kappa shape index (κ1) is 21.7. The van der Waals surface area contributed by atoms with E-state index in [9.17, 15) is 4.79 Å². The van der Waals surface area contributed by atoms with E-state index in [0.29, 0.717) is 5.91 Å². The van der Waals surface area contributed by atoms with Crippen LogP contribution in [0.15, 0.2) is 30.4 Å². The van der Waals surface area contributed by atoms with Crippen LogP contribution in [0.2, 0.25) is 0 Å². The summed E-state index contributed by atoms with van der Waals surface area (Å²) in [5, 5.41) is 0. The number of likely N-dealkylation sites (N-methyl/N-ethyl adjacent to an activating group) is 1. The Morgan fingerprint density at radius 1 is 1.10 bits per heavy atom. The van der Waals surface area contributed by atoms with E-state index in [-0.39, 0.29) is 5.92 Å². The van der Waals surface area contributed by atoms with Crippen molar-refractivity contribution in [3.05, 3.63) is 35.9 Å². The van der Waals surface area contributed by atoms with Crippen molar-refractivity contribution in [2.45, 2.75) is 38.5 Å². The highest BCUT2D eigenvalue weighted by molar-refractivity contribution is 5.78. The fraction of sp³-hybridized carbons (Fsp3) is 0.625. The van der Waals surface area contributed by atoms with E-state index in [1.165, 1.54) is 25.8 Å². The van der Waals surface area contributed by atoms with Crippen LogP contribution in [-0.2, 0) is 11.2 Å². The van der Waals surface area contributed by atoms with Gasteiger partial charge in [0, 0.05) is 26.1 Å². The Hall–Kier alpha value is -2.01. The number of likely N-dealkylation sites (tertiary alicyclic amines) is 1. The molecule has 1 aliphatic carbocycles. The number of methoxy groups -OCH3 is 2. The third-order valence-corrected chi connectivity index (χ3v) is 6.39. The molecular formula is C24H36N2O3. The van der Waals surface area contributed by atoms with Crippen LogP contribution in [-0.4, -0.2) is 63.2 Å². The predicted octanol–water partition coefficient (Wildman–Crippen LogP) is 3.77. The molecule has 5 heteroatoms. The predicted molar refractivity (Wildman–Crippen MR) is 117 cm³/mol. The zero-order chi connectivity index (χ0) is 20.6. The van der Waals surface area contributed by atoms with Crippen molar-refractivity contribution < 1.29 is 14.3 Å². The van der Waals surface area contributed by atoms with Gasteiger partial charge in [0.05, 0.1) is 14.2 Å². The molecule has 1 saturated heterocycles. The Morgan fingerprint density at radius 3 is 2.52 bits per heavy atom. The third kappa shape index (κ3) is 5.99. The van der Waals surface area contributed by atoms with Gasteiger partial charge in [0.1, 0.15) is 0 Å². The van der Waals surface area contributed by atoms with Gasteiger partial charge in [-0.05, 0) is 75.2 Å². The van der Waals surface area contributed by atoms with E-state index in [1.807, 2.05) is 30.1 Å². The number of hydrogen-bond donors (Lipinski definition) is 0. The molecule has 1 amide bonds. The number of allylic oxidation sites excluding steroid dienone is 2. The number of carbonyl (C=O) groups is 1. The Labute approximate surface area is 175 Å². The normalized spacial score (nSPS) is 20.4. The fourth-order valence-electron chi connectivity index (χ4n) is 4.50. The van der Waals surface area contributed by atoms with Gasteiger partial charge in [0.25, 0.3) is 0 Å². The molecule has 0 N–H and O–H groups in total. The lowest BCUT2D eigenvalue weighted by atomic mass is 9.91. The molecule has 1 aliphatic heterocycles. The van der Waals surface area contributed by atoms with Crippen LogP contribution < -0.4 is 9.47 Å². The molecule has 5 nitrogen and oxygen atoms in total. The number of rotatable bonds is 8. The molecule has 1 heterocycles. The molecule has 0 aromatic heterocycles. The molecule has 2 aliphatic rings. The average Bonchev–Trinajstić information content (AvgIpc) is 2.78. The number of ether oxygens (including phenoxy) is 2. The number of benzene rings is 1. The molecule has 1 aromatic carbocycles. The van der Waals surface area contributed by atoms with E-state index in [1.54, 1.807) is 14.2 Å². The van der Waals surface area contributed by atoms with Crippen LogP contribution in [0.3, 0.4) is 0 Å². The number of hydrogen-bond acceptors (Lipinski definition) is 4. The van der Waals surface area contributed by atoms with E-state index in [4.69, 9.17) is 9.47 Å². The maximum atomic E-state index is 12.9. The summed E-state index contributed by atoms with van der Waals surface area (Å²) in [6.07, 6.45) is 11.2. The minimum absolute atomic E-state index is 0.174. The Morgan fingerprint density at radius 2 is 1.86 bits per heavy atom. The van der Waals surface area contributed by atoms with Crippen molar-refractivity contribution >= 4 is 5.91 Å². The molecule has 3 rings (SSSR count). The second-order valence-electron chi connectivity index (χ2n) is 8.42.